The van der Waals surface area contributed by atoms with Gasteiger partial charge in [0.1, 0.15) is 6.07 Å². The van der Waals surface area contributed by atoms with Crippen molar-refractivity contribution in [3.8, 4) is 28.0 Å². The Morgan fingerprint density at radius 3 is 2.70 bits per heavy atom. The summed E-state index contributed by atoms with van der Waals surface area (Å²) in [4.78, 5) is 18.5. The smallest absolute Gasteiger partial charge is 0.217 e. The number of rotatable bonds is 6. The van der Waals surface area contributed by atoms with Crippen molar-refractivity contribution < 1.29 is 9.53 Å². The van der Waals surface area contributed by atoms with Crippen LogP contribution in [0.4, 0.5) is 10.8 Å². The van der Waals surface area contributed by atoms with Gasteiger partial charge in [0.05, 0.1) is 53.5 Å². The fourth-order valence-electron chi connectivity index (χ4n) is 6.01. The number of hydrogen-bond donors (Lipinski definition) is 2. The molecule has 1 aliphatic carbocycles. The largest absolute Gasteiger partial charge is 0.377 e. The molecule has 1 amide bonds. The fraction of sp³-hybridized carbons (Fsp3) is 0.429. The molecule has 12 heteroatoms. The summed E-state index contributed by atoms with van der Waals surface area (Å²) in [5.74, 6) is 0.0616. The number of anilines is 2. The maximum Gasteiger partial charge on any atom is 0.217 e. The van der Waals surface area contributed by atoms with E-state index < -0.39 is 0 Å². The number of carbonyl (C=O) groups excluding carboxylic acids is 1. The molecular weight excluding hydrogens is 526 g/mol. The zero-order chi connectivity index (χ0) is 27.3. The Morgan fingerprint density at radius 2 is 1.98 bits per heavy atom. The van der Waals surface area contributed by atoms with E-state index in [9.17, 15) is 10.1 Å². The lowest BCUT2D eigenvalue weighted by molar-refractivity contribution is -0.120. The van der Waals surface area contributed by atoms with E-state index in [1.54, 1.807) is 29.0 Å². The number of fused-ring (bicyclic) bond motifs is 1. The number of ether oxygens (including phenoxy) is 1. The highest BCUT2D eigenvalue weighted by Gasteiger charge is 2.46. The molecule has 3 fully saturated rings. The maximum absolute atomic E-state index is 11.4. The number of hydrogen-bond acceptors (Lipinski definition) is 10. The predicted molar refractivity (Wildman–Crippen MR) is 151 cm³/mol. The van der Waals surface area contributed by atoms with Crippen LogP contribution in [0.3, 0.4) is 0 Å². The van der Waals surface area contributed by atoms with Gasteiger partial charge in [0.25, 0.3) is 0 Å². The van der Waals surface area contributed by atoms with Crippen molar-refractivity contribution in [2.75, 3.05) is 36.5 Å². The van der Waals surface area contributed by atoms with Gasteiger partial charge in [0.2, 0.25) is 11.0 Å². The van der Waals surface area contributed by atoms with Crippen LogP contribution in [-0.4, -0.2) is 69.1 Å². The van der Waals surface area contributed by atoms with Gasteiger partial charge < -0.3 is 20.3 Å². The predicted octanol–water partition coefficient (Wildman–Crippen LogP) is 3.48. The molecule has 2 saturated heterocycles. The van der Waals surface area contributed by atoms with Gasteiger partial charge in [-0.1, -0.05) is 11.3 Å². The molecule has 0 bridgehead atoms. The summed E-state index contributed by atoms with van der Waals surface area (Å²) in [6.07, 6.45) is 7.75. The minimum Gasteiger partial charge on any atom is -0.377 e. The Kier molecular flexibility index (Phi) is 6.13. The van der Waals surface area contributed by atoms with E-state index in [-0.39, 0.29) is 11.9 Å². The first-order valence-corrected chi connectivity index (χ1v) is 14.4. The second kappa shape index (κ2) is 9.83. The highest BCUT2D eigenvalue weighted by molar-refractivity contribution is 7.18. The molecule has 11 nitrogen and oxygen atoms in total. The molecule has 2 aliphatic heterocycles. The molecule has 204 valence electrons. The third-order valence-electron chi connectivity index (χ3n) is 8.22. The van der Waals surface area contributed by atoms with Gasteiger partial charge in [-0.05, 0) is 49.9 Å². The van der Waals surface area contributed by atoms with E-state index >= 15 is 0 Å². The summed E-state index contributed by atoms with van der Waals surface area (Å²) in [6.45, 7) is 4.88. The highest BCUT2D eigenvalue weighted by atomic mass is 32.1. The molecule has 1 spiro atoms. The maximum atomic E-state index is 11.4. The van der Waals surface area contributed by atoms with Gasteiger partial charge in [0.15, 0.2) is 5.01 Å². The summed E-state index contributed by atoms with van der Waals surface area (Å²) in [6, 6.07) is 10.4. The molecule has 2 N–H and O–H groups in total. The number of nitriles is 1. The van der Waals surface area contributed by atoms with Crippen LogP contribution < -0.4 is 15.5 Å². The Hall–Kier alpha value is -4.08. The summed E-state index contributed by atoms with van der Waals surface area (Å²) in [5.41, 5.74) is 5.14. The van der Waals surface area contributed by atoms with Crippen molar-refractivity contribution in [3.63, 3.8) is 0 Å². The molecule has 0 radical (unpaired) electrons. The van der Waals surface area contributed by atoms with Gasteiger partial charge in [0, 0.05) is 43.4 Å². The van der Waals surface area contributed by atoms with Crippen LogP contribution in [0.15, 0.2) is 36.7 Å². The van der Waals surface area contributed by atoms with Crippen LogP contribution in [0.1, 0.15) is 38.2 Å². The van der Waals surface area contributed by atoms with E-state index in [1.807, 2.05) is 30.5 Å². The Morgan fingerprint density at radius 1 is 1.15 bits per heavy atom. The third-order valence-corrected chi connectivity index (χ3v) is 9.23. The first kappa shape index (κ1) is 24.9. The number of nitrogens with zero attached hydrogens (tertiary/aromatic N) is 7. The molecule has 40 heavy (non-hydrogen) atoms. The summed E-state index contributed by atoms with van der Waals surface area (Å²) >= 11 is 1.59. The lowest BCUT2D eigenvalue weighted by Crippen LogP contribution is -2.59. The summed E-state index contributed by atoms with van der Waals surface area (Å²) < 4.78 is 7.20. The second-order valence-corrected chi connectivity index (χ2v) is 12.1. The quantitative estimate of drug-likeness (QED) is 0.367. The highest BCUT2D eigenvalue weighted by Crippen LogP contribution is 2.47. The van der Waals surface area contributed by atoms with Crippen molar-refractivity contribution in [3.05, 3.63) is 42.2 Å². The average molecular weight is 556 g/mol. The third kappa shape index (κ3) is 4.55. The van der Waals surface area contributed by atoms with Crippen molar-refractivity contribution >= 4 is 33.6 Å². The standard InChI is InChI=1S/C28H29N9O2S/c1-17(38)32-19-4-6-28(7-5-19)15-36(16-28)27-35-34-26(40-27)22-12-30-24(9-23(22)33-20-13-39-14-20)25-3-2-21-8-18(10-29)11-31-37(21)25/h2-3,8-9,11-12,19-20H,4-7,13-16H2,1H3,(H,30,33)(H,32,38). The van der Waals surface area contributed by atoms with Crippen LogP contribution in [0.5, 0.6) is 0 Å². The number of pyridine rings is 1. The first-order valence-electron chi connectivity index (χ1n) is 13.6. The molecule has 3 aliphatic rings. The van der Waals surface area contributed by atoms with Crippen LogP contribution in [-0.2, 0) is 9.53 Å². The van der Waals surface area contributed by atoms with Gasteiger partial charge >= 0.3 is 0 Å². The number of aromatic nitrogens is 5. The molecule has 4 aromatic heterocycles. The van der Waals surface area contributed by atoms with Gasteiger partial charge in [-0.3, -0.25) is 9.78 Å². The number of carbonyl (C=O) groups is 1. The Balaban J connectivity index is 1.11. The summed E-state index contributed by atoms with van der Waals surface area (Å²) in [7, 11) is 0. The Bertz CT molecular complexity index is 1620. The zero-order valence-electron chi connectivity index (χ0n) is 22.1. The van der Waals surface area contributed by atoms with Crippen LogP contribution in [0, 0.1) is 16.7 Å². The summed E-state index contributed by atoms with van der Waals surface area (Å²) in [5, 5.41) is 31.2. The topological polar surface area (TPSA) is 133 Å². The monoisotopic (exact) mass is 555 g/mol. The van der Waals surface area contributed by atoms with Crippen molar-refractivity contribution in [2.24, 2.45) is 5.41 Å². The van der Waals surface area contributed by atoms with Crippen molar-refractivity contribution in [1.82, 2.24) is 30.1 Å². The lowest BCUT2D eigenvalue weighted by atomic mass is 9.67. The fourth-order valence-corrected chi connectivity index (χ4v) is 6.87. The molecule has 6 heterocycles. The molecule has 0 atom stereocenters. The molecule has 4 aromatic rings. The minimum absolute atomic E-state index is 0.0616. The Labute approximate surface area is 235 Å². The lowest BCUT2D eigenvalue weighted by Gasteiger charge is -2.53. The second-order valence-electron chi connectivity index (χ2n) is 11.1. The van der Waals surface area contributed by atoms with Gasteiger partial charge in [-0.15, -0.1) is 10.2 Å². The van der Waals surface area contributed by atoms with E-state index in [0.29, 0.717) is 30.2 Å². The normalized spacial score (nSPS) is 18.8. The number of amides is 1. The zero-order valence-corrected chi connectivity index (χ0v) is 22.9. The number of nitrogens with one attached hydrogen (secondary N) is 2. The van der Waals surface area contributed by atoms with Gasteiger partial charge in [-0.2, -0.15) is 10.4 Å². The van der Waals surface area contributed by atoms with Crippen LogP contribution in [0.2, 0.25) is 0 Å². The van der Waals surface area contributed by atoms with Crippen molar-refractivity contribution in [1.29, 1.82) is 5.26 Å². The first-order chi connectivity index (χ1) is 19.5. The van der Waals surface area contributed by atoms with E-state index in [1.165, 1.54) is 0 Å². The molecule has 1 saturated carbocycles. The van der Waals surface area contributed by atoms with Gasteiger partial charge in [-0.25, -0.2) is 4.52 Å². The molecule has 7 rings (SSSR count). The van der Waals surface area contributed by atoms with Crippen molar-refractivity contribution in [2.45, 2.75) is 44.7 Å². The van der Waals surface area contributed by atoms with E-state index in [4.69, 9.17) is 9.72 Å². The van der Waals surface area contributed by atoms with E-state index in [2.05, 4.69) is 36.9 Å². The molecule has 0 unspecified atom stereocenters. The SMILES string of the molecule is CC(=O)NC1CCC2(CC1)CN(c1nnc(-c3cnc(-c4ccc5cc(C#N)cnn45)cc3NC3COC3)s1)C2. The molecular formula is C28H29N9O2S. The van der Waals surface area contributed by atoms with E-state index in [0.717, 1.165) is 77.1 Å². The minimum atomic E-state index is 0.0616. The molecule has 0 aromatic carbocycles. The average Bonchev–Trinajstić information content (AvgIpc) is 3.57. The van der Waals surface area contributed by atoms with Crippen LogP contribution in [0.25, 0.3) is 27.5 Å². The van der Waals surface area contributed by atoms with Crippen LogP contribution >= 0.6 is 11.3 Å².